The second-order valence-corrected chi connectivity index (χ2v) is 16.2. The summed E-state index contributed by atoms with van der Waals surface area (Å²) in [6.45, 7) is 6.69. The minimum absolute atomic E-state index is 0.0244. The van der Waals surface area contributed by atoms with Crippen LogP contribution in [0, 0.1) is 11.8 Å². The Bertz CT molecular complexity index is 1700. The molecule has 1 spiro atoms. The highest BCUT2D eigenvalue weighted by Crippen LogP contribution is 2.58. The van der Waals surface area contributed by atoms with E-state index in [1.54, 1.807) is 0 Å². The first-order chi connectivity index (χ1) is 24.0. The van der Waals surface area contributed by atoms with E-state index in [0.29, 0.717) is 48.8 Å². The lowest BCUT2D eigenvalue weighted by atomic mass is 9.59. The van der Waals surface area contributed by atoms with Crippen molar-refractivity contribution in [2.45, 2.75) is 101 Å². The summed E-state index contributed by atoms with van der Waals surface area (Å²) >= 11 is 6.29. The van der Waals surface area contributed by atoms with Crippen molar-refractivity contribution in [3.63, 3.8) is 0 Å². The van der Waals surface area contributed by atoms with Gasteiger partial charge in [-0.15, -0.1) is 0 Å². The van der Waals surface area contributed by atoms with E-state index >= 15 is 0 Å². The van der Waals surface area contributed by atoms with Crippen LogP contribution in [0.25, 0.3) is 0 Å². The highest BCUT2D eigenvalue weighted by atomic mass is 35.5. The summed E-state index contributed by atoms with van der Waals surface area (Å²) in [4.78, 5) is 19.8. The fourth-order valence-electron chi connectivity index (χ4n) is 9.26. The summed E-state index contributed by atoms with van der Waals surface area (Å²) in [5.41, 5.74) is 4.60. The van der Waals surface area contributed by atoms with Crippen molar-refractivity contribution in [1.82, 2.24) is 9.88 Å². The normalized spacial score (nSPS) is 27.4. The number of ether oxygens (including phenoxy) is 3. The zero-order chi connectivity index (χ0) is 35.0. The summed E-state index contributed by atoms with van der Waals surface area (Å²) in [6, 6.07) is 13.9. The fourth-order valence-corrected chi connectivity index (χ4v) is 9.45. The molecule has 9 heteroatoms. The SMILES string of the molecule is C[C@@H](COc1ccnc2c1[C@H](C)CCC2)C[C@H]1Cc2cc3c(cc2C12CCC(Nc1cccc(Cl)c1)(C(=O)O)CC2)OC[C@H](CCN(C)C)O3. The molecule has 0 bridgehead atoms. The van der Waals surface area contributed by atoms with Gasteiger partial charge in [-0.05, 0) is 143 Å². The number of hydrogen-bond donors (Lipinski definition) is 2. The second-order valence-electron chi connectivity index (χ2n) is 15.8. The zero-order valence-corrected chi connectivity index (χ0v) is 30.7. The molecule has 1 saturated carbocycles. The van der Waals surface area contributed by atoms with Gasteiger partial charge < -0.3 is 29.5 Å². The number of aliphatic carboxylic acids is 1. The Labute approximate surface area is 301 Å². The first-order valence-electron chi connectivity index (χ1n) is 18.5. The molecule has 7 rings (SSSR count). The van der Waals surface area contributed by atoms with Crippen molar-refractivity contribution in [1.29, 1.82) is 0 Å². The van der Waals surface area contributed by atoms with E-state index in [1.807, 2.05) is 36.5 Å². The minimum Gasteiger partial charge on any atom is -0.493 e. The van der Waals surface area contributed by atoms with E-state index in [2.05, 4.69) is 55.3 Å². The largest absolute Gasteiger partial charge is 0.493 e. The van der Waals surface area contributed by atoms with Crippen molar-refractivity contribution >= 4 is 23.3 Å². The number of carboxylic acid groups (broad SMARTS) is 1. The van der Waals surface area contributed by atoms with Crippen LogP contribution in [0.1, 0.15) is 93.5 Å². The van der Waals surface area contributed by atoms with Crippen LogP contribution in [-0.4, -0.2) is 66.5 Å². The third-order valence-corrected chi connectivity index (χ3v) is 12.2. The Kier molecular flexibility index (Phi) is 9.97. The van der Waals surface area contributed by atoms with E-state index < -0.39 is 11.5 Å². The van der Waals surface area contributed by atoms with Crippen molar-refractivity contribution in [3.05, 3.63) is 76.1 Å². The van der Waals surface area contributed by atoms with Crippen LogP contribution < -0.4 is 19.5 Å². The standard InChI is InChI=1S/C41H52ClN3O5/c1-26(24-48-35-11-17-43-34-10-5-7-27(2)38(34)35)19-29-20-28-21-37-36(49-25-32(50-37)12-18-45(3)4)23-33(28)40(29)13-15-41(16-14-40,39(46)47)44-31-9-6-8-30(42)22-31/h6,8-9,11,17,21-23,26-27,29,32,44H,5,7,10,12-16,18-20,24-25H2,1-4H3,(H,46,47)/t26-,27-,29+,32+,40?,41?/m1/s1. The third-order valence-electron chi connectivity index (χ3n) is 12.0. The number of halogens is 1. The van der Waals surface area contributed by atoms with Crippen molar-refractivity contribution in [2.75, 3.05) is 39.2 Å². The van der Waals surface area contributed by atoms with Gasteiger partial charge in [-0.2, -0.15) is 0 Å². The molecular weight excluding hydrogens is 650 g/mol. The Hall–Kier alpha value is -3.49. The summed E-state index contributed by atoms with van der Waals surface area (Å²) in [7, 11) is 4.16. The quantitative estimate of drug-likeness (QED) is 0.206. The van der Waals surface area contributed by atoms with Gasteiger partial charge in [-0.25, -0.2) is 4.79 Å². The van der Waals surface area contributed by atoms with Gasteiger partial charge in [0.25, 0.3) is 0 Å². The Morgan fingerprint density at radius 1 is 1.16 bits per heavy atom. The monoisotopic (exact) mass is 701 g/mol. The molecular formula is C41H52ClN3O5. The molecule has 8 nitrogen and oxygen atoms in total. The van der Waals surface area contributed by atoms with Crippen molar-refractivity contribution in [2.24, 2.45) is 11.8 Å². The molecule has 4 aliphatic rings. The van der Waals surface area contributed by atoms with E-state index in [-0.39, 0.29) is 11.5 Å². The summed E-state index contributed by atoms with van der Waals surface area (Å²) in [6.07, 6.45) is 10.7. The van der Waals surface area contributed by atoms with E-state index in [4.69, 9.17) is 25.8 Å². The highest BCUT2D eigenvalue weighted by molar-refractivity contribution is 6.30. The van der Waals surface area contributed by atoms with Gasteiger partial charge in [0, 0.05) is 41.1 Å². The number of carbonyl (C=O) groups is 1. The molecule has 2 N–H and O–H groups in total. The van der Waals surface area contributed by atoms with Gasteiger partial charge in [-0.1, -0.05) is 31.5 Å². The van der Waals surface area contributed by atoms with Gasteiger partial charge in [-0.3, -0.25) is 4.98 Å². The number of pyridine rings is 1. The average Bonchev–Trinajstić information content (AvgIpc) is 3.37. The molecule has 1 aliphatic heterocycles. The number of carboxylic acids is 1. The molecule has 1 fully saturated rings. The van der Waals surface area contributed by atoms with Crippen LogP contribution in [0.3, 0.4) is 0 Å². The number of hydrogen-bond acceptors (Lipinski definition) is 7. The third kappa shape index (κ3) is 6.90. The maximum atomic E-state index is 13.0. The van der Waals surface area contributed by atoms with Crippen LogP contribution in [0.4, 0.5) is 5.69 Å². The van der Waals surface area contributed by atoms with E-state index in [9.17, 15) is 9.90 Å². The molecule has 1 aromatic heterocycles. The highest BCUT2D eigenvalue weighted by Gasteiger charge is 2.54. The number of benzene rings is 2. The lowest BCUT2D eigenvalue weighted by Crippen LogP contribution is -2.53. The molecule has 3 aliphatic carbocycles. The first-order valence-corrected chi connectivity index (χ1v) is 18.9. The zero-order valence-electron chi connectivity index (χ0n) is 30.0. The number of anilines is 1. The smallest absolute Gasteiger partial charge is 0.329 e. The van der Waals surface area contributed by atoms with Gasteiger partial charge in [0.2, 0.25) is 0 Å². The molecule has 4 atom stereocenters. The lowest BCUT2D eigenvalue weighted by Gasteiger charge is -2.47. The Morgan fingerprint density at radius 2 is 1.98 bits per heavy atom. The molecule has 3 aromatic rings. The van der Waals surface area contributed by atoms with Crippen LogP contribution >= 0.6 is 11.6 Å². The summed E-state index contributed by atoms with van der Waals surface area (Å²) in [5.74, 6) is 2.92. The number of fused-ring (bicyclic) bond motifs is 4. The number of aromatic nitrogens is 1. The molecule has 2 aromatic carbocycles. The van der Waals surface area contributed by atoms with Crippen molar-refractivity contribution in [3.8, 4) is 17.2 Å². The number of nitrogens with zero attached hydrogens (tertiary/aromatic N) is 2. The molecule has 268 valence electrons. The molecule has 2 heterocycles. The maximum Gasteiger partial charge on any atom is 0.329 e. The van der Waals surface area contributed by atoms with Crippen LogP contribution in [0.15, 0.2) is 48.7 Å². The molecule has 0 saturated heterocycles. The van der Waals surface area contributed by atoms with Gasteiger partial charge >= 0.3 is 5.97 Å². The molecule has 0 amide bonds. The Morgan fingerprint density at radius 3 is 2.74 bits per heavy atom. The molecule has 50 heavy (non-hydrogen) atoms. The Balaban J connectivity index is 1.14. The van der Waals surface area contributed by atoms with Crippen molar-refractivity contribution < 1.29 is 24.1 Å². The van der Waals surface area contributed by atoms with E-state index in [1.165, 1.54) is 35.2 Å². The lowest BCUT2D eigenvalue weighted by molar-refractivity contribution is -0.144. The number of aryl methyl sites for hydroxylation is 1. The van der Waals surface area contributed by atoms with Gasteiger partial charge in [0.05, 0.1) is 6.61 Å². The van der Waals surface area contributed by atoms with E-state index in [0.717, 1.165) is 68.0 Å². The number of rotatable bonds is 11. The predicted molar refractivity (Wildman–Crippen MR) is 197 cm³/mol. The molecule has 0 unspecified atom stereocenters. The summed E-state index contributed by atoms with van der Waals surface area (Å²) < 4.78 is 19.5. The minimum atomic E-state index is -1.07. The first kappa shape index (κ1) is 34.9. The maximum absolute atomic E-state index is 13.0. The van der Waals surface area contributed by atoms with Crippen LogP contribution in [0.5, 0.6) is 17.2 Å². The second kappa shape index (κ2) is 14.3. The fraction of sp³-hybridized carbons (Fsp3) is 0.561. The number of nitrogens with one attached hydrogen (secondary N) is 1. The summed E-state index contributed by atoms with van der Waals surface area (Å²) in [5, 5.41) is 14.6. The van der Waals surface area contributed by atoms with Gasteiger partial charge in [0.1, 0.15) is 24.0 Å². The molecule has 0 radical (unpaired) electrons. The van der Waals surface area contributed by atoms with Gasteiger partial charge in [0.15, 0.2) is 11.5 Å². The van der Waals surface area contributed by atoms with Crippen LogP contribution in [-0.2, 0) is 23.1 Å². The topological polar surface area (TPSA) is 93.2 Å². The average molecular weight is 702 g/mol. The predicted octanol–water partition coefficient (Wildman–Crippen LogP) is 8.29. The van der Waals surface area contributed by atoms with Crippen LogP contribution in [0.2, 0.25) is 5.02 Å².